The maximum Gasteiger partial charge on any atom is 0.417 e. The van der Waals surface area contributed by atoms with Gasteiger partial charge in [0, 0.05) is 24.7 Å². The van der Waals surface area contributed by atoms with Gasteiger partial charge in [-0.2, -0.15) is 13.2 Å². The average molecular weight is 655 g/mol. The first kappa shape index (κ1) is 33.2. The zero-order valence-corrected chi connectivity index (χ0v) is 25.9. The number of imidazole rings is 1. The van der Waals surface area contributed by atoms with Gasteiger partial charge in [0.2, 0.25) is 10.0 Å². The topological polar surface area (TPSA) is 93.0 Å². The van der Waals surface area contributed by atoms with Crippen molar-refractivity contribution in [1.29, 1.82) is 0 Å². The van der Waals surface area contributed by atoms with E-state index in [2.05, 4.69) is 9.71 Å². The summed E-state index contributed by atoms with van der Waals surface area (Å²) in [7, 11) is -2.08. The number of amides is 1. The smallest absolute Gasteiger partial charge is 0.417 e. The summed E-state index contributed by atoms with van der Waals surface area (Å²) in [6, 6.07) is 12.1. The summed E-state index contributed by atoms with van der Waals surface area (Å²) < 4.78 is 88.2. The second kappa shape index (κ2) is 13.1. The van der Waals surface area contributed by atoms with E-state index in [1.54, 1.807) is 42.5 Å². The van der Waals surface area contributed by atoms with Crippen molar-refractivity contribution in [2.45, 2.75) is 46.0 Å². The molecule has 8 nitrogen and oxygen atoms in total. The molecule has 0 spiro atoms. The summed E-state index contributed by atoms with van der Waals surface area (Å²) in [6.07, 6.45) is -4.48. The molecular formula is C30H31ClF4N4O4S. The van der Waals surface area contributed by atoms with E-state index in [9.17, 15) is 30.8 Å². The van der Waals surface area contributed by atoms with E-state index in [-0.39, 0.29) is 31.0 Å². The van der Waals surface area contributed by atoms with E-state index in [1.165, 1.54) is 37.1 Å². The Bertz CT molecular complexity index is 1790. The van der Waals surface area contributed by atoms with Gasteiger partial charge in [-0.1, -0.05) is 23.7 Å². The molecule has 44 heavy (non-hydrogen) atoms. The van der Waals surface area contributed by atoms with Crippen LogP contribution in [0.25, 0.3) is 16.9 Å². The second-order valence-corrected chi connectivity index (χ2v) is 12.7. The van der Waals surface area contributed by atoms with Crippen LogP contribution in [0.2, 0.25) is 5.02 Å². The van der Waals surface area contributed by atoms with Crippen LogP contribution in [0.1, 0.15) is 47.4 Å². The van der Waals surface area contributed by atoms with Crippen molar-refractivity contribution in [3.8, 4) is 17.1 Å². The van der Waals surface area contributed by atoms with Crippen molar-refractivity contribution < 1.29 is 35.5 Å². The fourth-order valence-electron chi connectivity index (χ4n) is 4.74. The van der Waals surface area contributed by atoms with Gasteiger partial charge < -0.3 is 9.64 Å². The van der Waals surface area contributed by atoms with Crippen molar-refractivity contribution in [3.05, 3.63) is 87.8 Å². The maximum absolute atomic E-state index is 14.3. The van der Waals surface area contributed by atoms with Gasteiger partial charge in [0.05, 0.1) is 29.1 Å². The molecule has 2 heterocycles. The van der Waals surface area contributed by atoms with Crippen molar-refractivity contribution >= 4 is 33.2 Å². The molecule has 1 N–H and O–H groups in total. The van der Waals surface area contributed by atoms with Crippen LogP contribution in [0.4, 0.5) is 17.6 Å². The number of carbonyl (C=O) groups excluding carboxylic acids is 1. The van der Waals surface area contributed by atoms with Gasteiger partial charge >= 0.3 is 6.18 Å². The second-order valence-electron chi connectivity index (χ2n) is 10.3. The number of pyridine rings is 1. The molecule has 1 amide bonds. The van der Waals surface area contributed by atoms with Crippen LogP contribution in [-0.2, 0) is 22.7 Å². The van der Waals surface area contributed by atoms with Gasteiger partial charge in [0.15, 0.2) is 11.6 Å². The van der Waals surface area contributed by atoms with Gasteiger partial charge in [-0.05, 0) is 80.8 Å². The van der Waals surface area contributed by atoms with Crippen molar-refractivity contribution in [2.24, 2.45) is 0 Å². The molecule has 2 aromatic carbocycles. The highest BCUT2D eigenvalue weighted by Gasteiger charge is 2.33. The summed E-state index contributed by atoms with van der Waals surface area (Å²) in [6.45, 7) is 4.58. The van der Waals surface area contributed by atoms with E-state index in [4.69, 9.17) is 16.3 Å². The Hall–Kier alpha value is -3.68. The van der Waals surface area contributed by atoms with Crippen LogP contribution in [0.5, 0.6) is 5.88 Å². The third-order valence-electron chi connectivity index (χ3n) is 7.04. The van der Waals surface area contributed by atoms with Crippen molar-refractivity contribution in [2.75, 3.05) is 19.4 Å². The molecule has 1 unspecified atom stereocenters. The standard InChI is InChI=1S/C30H31ClF4N4O4S/c1-5-44(41,42)37-19(3)13-14-38(17-20-9-11-22(23(31)16-20)30(33,34)35)29(40)27-28(21-10-12-24(32)18(2)15-21)39-25(36-27)7-6-8-26(39)43-4/h6-12,15-16,19,37H,5,13-14,17H2,1-4H3. The zero-order valence-electron chi connectivity index (χ0n) is 24.4. The van der Waals surface area contributed by atoms with Crippen LogP contribution in [-0.4, -0.2) is 54.1 Å². The summed E-state index contributed by atoms with van der Waals surface area (Å²) in [5, 5.41) is -0.522. The first-order valence-corrected chi connectivity index (χ1v) is 15.6. The van der Waals surface area contributed by atoms with Crippen molar-refractivity contribution in [1.82, 2.24) is 19.0 Å². The number of fused-ring (bicyclic) bond motifs is 1. The molecule has 0 aliphatic heterocycles. The lowest BCUT2D eigenvalue weighted by Gasteiger charge is -2.25. The predicted octanol–water partition coefficient (Wildman–Crippen LogP) is 6.49. The molecular weight excluding hydrogens is 624 g/mol. The normalized spacial score (nSPS) is 12.8. The number of alkyl halides is 3. The first-order chi connectivity index (χ1) is 20.6. The molecule has 0 saturated heterocycles. The van der Waals surface area contributed by atoms with E-state index >= 15 is 0 Å². The number of methoxy groups -OCH3 is 1. The number of rotatable bonds is 11. The lowest BCUT2D eigenvalue weighted by Crippen LogP contribution is -2.38. The third kappa shape index (κ3) is 7.33. The van der Waals surface area contributed by atoms with Gasteiger partial charge in [0.25, 0.3) is 5.91 Å². The number of sulfonamides is 1. The molecule has 1 atom stereocenters. The molecule has 0 radical (unpaired) electrons. The Balaban J connectivity index is 1.81. The fourth-order valence-corrected chi connectivity index (χ4v) is 5.95. The van der Waals surface area contributed by atoms with Crippen LogP contribution >= 0.6 is 11.6 Å². The largest absolute Gasteiger partial charge is 0.482 e. The molecule has 236 valence electrons. The highest BCUT2D eigenvalue weighted by Crippen LogP contribution is 2.36. The van der Waals surface area contributed by atoms with E-state index < -0.39 is 44.6 Å². The minimum atomic E-state index is -4.66. The van der Waals surface area contributed by atoms with E-state index in [0.29, 0.717) is 33.9 Å². The molecule has 0 bridgehead atoms. The molecule has 0 saturated carbocycles. The van der Waals surface area contributed by atoms with Crippen LogP contribution in [0, 0.1) is 12.7 Å². The first-order valence-electron chi connectivity index (χ1n) is 13.6. The molecule has 4 aromatic rings. The average Bonchev–Trinajstić information content (AvgIpc) is 3.35. The molecule has 0 fully saturated rings. The minimum absolute atomic E-state index is 0.0117. The number of ether oxygens (including phenoxy) is 1. The van der Waals surface area contributed by atoms with Crippen LogP contribution < -0.4 is 9.46 Å². The number of nitrogens with one attached hydrogen (secondary N) is 1. The molecule has 4 rings (SSSR count). The van der Waals surface area contributed by atoms with E-state index in [1.807, 2.05) is 0 Å². The predicted molar refractivity (Wildman–Crippen MR) is 160 cm³/mol. The van der Waals surface area contributed by atoms with E-state index in [0.717, 1.165) is 12.1 Å². The monoisotopic (exact) mass is 654 g/mol. The van der Waals surface area contributed by atoms with Crippen LogP contribution in [0.3, 0.4) is 0 Å². The summed E-state index contributed by atoms with van der Waals surface area (Å²) >= 11 is 5.97. The SMILES string of the molecule is CCS(=O)(=O)NC(C)CCN(Cc1ccc(C(F)(F)F)c(Cl)c1)C(=O)c1nc2cccc(OC)n2c1-c1ccc(F)c(C)c1. The Morgan fingerprint density at radius 3 is 2.50 bits per heavy atom. The number of carbonyl (C=O) groups is 1. The number of halogens is 5. The number of benzene rings is 2. The van der Waals surface area contributed by atoms with Gasteiger partial charge in [-0.25, -0.2) is 22.5 Å². The summed E-state index contributed by atoms with van der Waals surface area (Å²) in [5.74, 6) is -0.802. The summed E-state index contributed by atoms with van der Waals surface area (Å²) in [5.41, 5.74) is 0.792. The fraction of sp³-hybridized carbons (Fsp3) is 0.333. The van der Waals surface area contributed by atoms with Crippen LogP contribution in [0.15, 0.2) is 54.6 Å². The zero-order chi connectivity index (χ0) is 32.4. The molecule has 14 heteroatoms. The van der Waals surface area contributed by atoms with Gasteiger partial charge in [-0.3, -0.25) is 9.20 Å². The summed E-state index contributed by atoms with van der Waals surface area (Å²) in [4.78, 5) is 20.3. The Morgan fingerprint density at radius 2 is 1.89 bits per heavy atom. The number of hydrogen-bond acceptors (Lipinski definition) is 5. The quantitative estimate of drug-likeness (QED) is 0.187. The minimum Gasteiger partial charge on any atom is -0.482 e. The number of hydrogen-bond donors (Lipinski definition) is 1. The highest BCUT2D eigenvalue weighted by molar-refractivity contribution is 7.89. The number of aromatic nitrogens is 2. The van der Waals surface area contributed by atoms with Crippen molar-refractivity contribution in [3.63, 3.8) is 0 Å². The van der Waals surface area contributed by atoms with Gasteiger partial charge in [-0.15, -0.1) is 0 Å². The lowest BCUT2D eigenvalue weighted by atomic mass is 10.1. The molecule has 2 aromatic heterocycles. The lowest BCUT2D eigenvalue weighted by molar-refractivity contribution is -0.137. The Labute approximate surface area is 257 Å². The molecule has 0 aliphatic rings. The number of nitrogens with zero attached hydrogens (tertiary/aromatic N) is 3. The Morgan fingerprint density at radius 1 is 1.16 bits per heavy atom. The highest BCUT2D eigenvalue weighted by atomic mass is 35.5. The number of aryl methyl sites for hydroxylation is 1. The molecule has 0 aliphatic carbocycles. The maximum atomic E-state index is 14.3. The third-order valence-corrected chi connectivity index (χ3v) is 8.88. The Kier molecular flexibility index (Phi) is 9.91. The van der Waals surface area contributed by atoms with Gasteiger partial charge in [0.1, 0.15) is 11.5 Å².